The number of nitrogens with zero attached hydrogens (tertiary/aromatic N) is 2. The molecule has 3 amide bonds. The van der Waals surface area contributed by atoms with Crippen LogP contribution in [0.2, 0.25) is 0 Å². The summed E-state index contributed by atoms with van der Waals surface area (Å²) in [7, 11) is 3.03. The fraction of sp³-hybridized carbons (Fsp3) is 0.550. The summed E-state index contributed by atoms with van der Waals surface area (Å²) in [6.45, 7) is 2.49. The highest BCUT2D eigenvalue weighted by atomic mass is 19.4. The Morgan fingerprint density at radius 3 is 2.37 bits per heavy atom. The van der Waals surface area contributed by atoms with Crippen molar-refractivity contribution in [1.29, 1.82) is 0 Å². The van der Waals surface area contributed by atoms with Gasteiger partial charge in [0.15, 0.2) is 0 Å². The van der Waals surface area contributed by atoms with Crippen molar-refractivity contribution in [3.8, 4) is 0 Å². The quantitative estimate of drug-likeness (QED) is 0.726. The molecule has 1 aromatic rings. The van der Waals surface area contributed by atoms with Crippen LogP contribution in [0.15, 0.2) is 24.3 Å². The van der Waals surface area contributed by atoms with Crippen LogP contribution in [0.4, 0.5) is 18.9 Å². The Bertz CT molecular complexity index is 777. The number of benzene rings is 1. The van der Waals surface area contributed by atoms with E-state index in [1.807, 2.05) is 4.90 Å². The molecule has 1 atom stereocenters. The van der Waals surface area contributed by atoms with Crippen molar-refractivity contribution < 1.29 is 27.6 Å². The van der Waals surface area contributed by atoms with Crippen LogP contribution in [-0.2, 0) is 20.6 Å². The molecule has 0 aliphatic carbocycles. The topological polar surface area (TPSA) is 81.8 Å². The van der Waals surface area contributed by atoms with Gasteiger partial charge in [0.25, 0.3) is 0 Å². The minimum atomic E-state index is -4.60. The first-order valence-corrected chi connectivity index (χ1v) is 9.71. The molecule has 1 aromatic carbocycles. The van der Waals surface area contributed by atoms with Crippen molar-refractivity contribution in [2.24, 2.45) is 5.92 Å². The first kappa shape index (κ1) is 23.7. The third kappa shape index (κ3) is 5.94. The second kappa shape index (κ2) is 9.92. The summed E-state index contributed by atoms with van der Waals surface area (Å²) in [6, 6.07) is 4.18. The summed E-state index contributed by atoms with van der Waals surface area (Å²) in [5.41, 5.74) is -1.29. The number of carbonyl (C=O) groups is 3. The number of piperidine rings is 1. The van der Waals surface area contributed by atoms with E-state index >= 15 is 0 Å². The van der Waals surface area contributed by atoms with Crippen LogP contribution in [0, 0.1) is 5.92 Å². The smallest absolute Gasteiger partial charge is 0.359 e. The molecular formula is C20H27F3N4O3. The third-order valence-electron chi connectivity index (χ3n) is 5.32. The van der Waals surface area contributed by atoms with Crippen molar-refractivity contribution in [3.05, 3.63) is 29.8 Å². The zero-order valence-electron chi connectivity index (χ0n) is 17.3. The monoisotopic (exact) mass is 428 g/mol. The molecule has 0 aromatic heterocycles. The highest BCUT2D eigenvalue weighted by Crippen LogP contribution is 2.34. The third-order valence-corrected chi connectivity index (χ3v) is 5.32. The van der Waals surface area contributed by atoms with Crippen LogP contribution < -0.4 is 10.6 Å². The first-order chi connectivity index (χ1) is 14.0. The molecule has 0 saturated carbocycles. The van der Waals surface area contributed by atoms with E-state index in [2.05, 4.69) is 10.6 Å². The second-order valence-electron chi connectivity index (χ2n) is 7.39. The van der Waals surface area contributed by atoms with Gasteiger partial charge < -0.3 is 15.5 Å². The van der Waals surface area contributed by atoms with E-state index in [9.17, 15) is 27.6 Å². The predicted molar refractivity (Wildman–Crippen MR) is 106 cm³/mol. The molecular weight excluding hydrogens is 401 g/mol. The SMILES string of the molecule is CNC(=O)C1CCN([C@@H](C)C(=O)N(C)CC(=O)Nc2ccccc2C(F)(F)F)CC1. The Labute approximate surface area is 173 Å². The largest absolute Gasteiger partial charge is 0.418 e. The fourth-order valence-corrected chi connectivity index (χ4v) is 3.55. The van der Waals surface area contributed by atoms with Crippen LogP contribution in [0.25, 0.3) is 0 Å². The molecule has 2 rings (SSSR count). The van der Waals surface area contributed by atoms with Gasteiger partial charge in [-0.1, -0.05) is 12.1 Å². The summed E-state index contributed by atoms with van der Waals surface area (Å²) in [4.78, 5) is 39.8. The number of likely N-dealkylation sites (N-methyl/N-ethyl adjacent to an activating group) is 1. The number of carbonyl (C=O) groups excluding carboxylic acids is 3. The summed E-state index contributed by atoms with van der Waals surface area (Å²) in [5.74, 6) is -1.12. The number of para-hydroxylation sites is 1. The zero-order valence-corrected chi connectivity index (χ0v) is 17.3. The number of hydrogen-bond donors (Lipinski definition) is 2. The van der Waals surface area contributed by atoms with Gasteiger partial charge in [0, 0.05) is 20.0 Å². The van der Waals surface area contributed by atoms with E-state index < -0.39 is 23.7 Å². The zero-order chi connectivity index (χ0) is 22.5. The van der Waals surface area contributed by atoms with E-state index in [1.165, 1.54) is 30.1 Å². The minimum Gasteiger partial charge on any atom is -0.359 e. The lowest BCUT2D eigenvalue weighted by Crippen LogP contribution is -2.51. The number of likely N-dealkylation sites (tertiary alicyclic amines) is 1. The minimum absolute atomic E-state index is 0.0124. The Kier molecular flexibility index (Phi) is 7.83. The average Bonchev–Trinajstić information content (AvgIpc) is 2.71. The van der Waals surface area contributed by atoms with Gasteiger partial charge in [-0.15, -0.1) is 0 Å². The molecule has 30 heavy (non-hydrogen) atoms. The Balaban J connectivity index is 1.91. The van der Waals surface area contributed by atoms with Gasteiger partial charge in [0.05, 0.1) is 23.8 Å². The van der Waals surface area contributed by atoms with Crippen molar-refractivity contribution >= 4 is 23.4 Å². The van der Waals surface area contributed by atoms with Crippen molar-refractivity contribution in [3.63, 3.8) is 0 Å². The van der Waals surface area contributed by atoms with E-state index in [0.29, 0.717) is 25.9 Å². The van der Waals surface area contributed by atoms with E-state index in [0.717, 1.165) is 6.07 Å². The van der Waals surface area contributed by atoms with Gasteiger partial charge in [-0.25, -0.2) is 0 Å². The number of halogens is 3. The standard InChI is InChI=1S/C20H27F3N4O3/c1-13(27-10-8-14(9-11-27)18(29)24-2)19(30)26(3)12-17(28)25-16-7-5-4-6-15(16)20(21,22)23/h4-7,13-14H,8-12H2,1-3H3,(H,24,29)(H,25,28)/t13-/m0/s1. The van der Waals surface area contributed by atoms with Crippen LogP contribution in [0.3, 0.4) is 0 Å². The number of alkyl halides is 3. The Morgan fingerprint density at radius 2 is 1.80 bits per heavy atom. The molecule has 1 aliphatic heterocycles. The highest BCUT2D eigenvalue weighted by Gasteiger charge is 2.34. The van der Waals surface area contributed by atoms with Crippen molar-refractivity contribution in [2.75, 3.05) is 39.0 Å². The lowest BCUT2D eigenvalue weighted by Gasteiger charge is -2.36. The molecule has 1 saturated heterocycles. The summed E-state index contributed by atoms with van der Waals surface area (Å²) >= 11 is 0. The molecule has 1 aliphatic rings. The van der Waals surface area contributed by atoms with Gasteiger partial charge in [-0.2, -0.15) is 13.2 Å². The lowest BCUT2D eigenvalue weighted by molar-refractivity contribution is -0.139. The number of anilines is 1. The van der Waals surface area contributed by atoms with E-state index in [1.54, 1.807) is 14.0 Å². The molecule has 1 heterocycles. The molecule has 166 valence electrons. The maximum absolute atomic E-state index is 13.1. The molecule has 0 bridgehead atoms. The van der Waals surface area contributed by atoms with Gasteiger partial charge in [-0.05, 0) is 45.0 Å². The molecule has 2 N–H and O–H groups in total. The highest BCUT2D eigenvalue weighted by molar-refractivity contribution is 5.95. The van der Waals surface area contributed by atoms with E-state index in [-0.39, 0.29) is 30.0 Å². The summed E-state index contributed by atoms with van der Waals surface area (Å²) < 4.78 is 39.2. The number of amides is 3. The maximum atomic E-state index is 13.1. The number of nitrogens with one attached hydrogen (secondary N) is 2. The van der Waals surface area contributed by atoms with Crippen LogP contribution in [0.1, 0.15) is 25.3 Å². The van der Waals surface area contributed by atoms with Gasteiger partial charge in [-0.3, -0.25) is 19.3 Å². The Hall–Kier alpha value is -2.62. The first-order valence-electron chi connectivity index (χ1n) is 9.71. The van der Waals surface area contributed by atoms with E-state index in [4.69, 9.17) is 0 Å². The van der Waals surface area contributed by atoms with Crippen molar-refractivity contribution in [2.45, 2.75) is 32.0 Å². The van der Waals surface area contributed by atoms with Crippen LogP contribution >= 0.6 is 0 Å². The molecule has 0 spiro atoms. The van der Waals surface area contributed by atoms with Gasteiger partial charge >= 0.3 is 6.18 Å². The van der Waals surface area contributed by atoms with Crippen molar-refractivity contribution in [1.82, 2.24) is 15.1 Å². The lowest BCUT2D eigenvalue weighted by atomic mass is 9.95. The molecule has 10 heteroatoms. The van der Waals surface area contributed by atoms with Gasteiger partial charge in [0.1, 0.15) is 0 Å². The Morgan fingerprint density at radius 1 is 1.20 bits per heavy atom. The summed E-state index contributed by atoms with van der Waals surface area (Å²) in [5, 5.41) is 4.86. The molecule has 7 nitrogen and oxygen atoms in total. The number of rotatable bonds is 6. The maximum Gasteiger partial charge on any atom is 0.418 e. The number of hydrogen-bond acceptors (Lipinski definition) is 4. The molecule has 0 unspecified atom stereocenters. The predicted octanol–water partition coefficient (Wildman–Crippen LogP) is 1.95. The van der Waals surface area contributed by atoms with Gasteiger partial charge in [0.2, 0.25) is 17.7 Å². The second-order valence-corrected chi connectivity index (χ2v) is 7.39. The van der Waals surface area contributed by atoms with Crippen LogP contribution in [-0.4, -0.2) is 67.3 Å². The fourth-order valence-electron chi connectivity index (χ4n) is 3.55. The molecule has 1 fully saturated rings. The van der Waals surface area contributed by atoms with Crippen LogP contribution in [0.5, 0.6) is 0 Å². The average molecular weight is 428 g/mol. The molecule has 0 radical (unpaired) electrons. The summed E-state index contributed by atoms with van der Waals surface area (Å²) in [6.07, 6.45) is -3.33. The normalized spacial score (nSPS) is 16.6.